The molecular formula is C16H16ClFN4O. The summed E-state index contributed by atoms with van der Waals surface area (Å²) >= 11 is 5.72. The van der Waals surface area contributed by atoms with Gasteiger partial charge in [0.15, 0.2) is 0 Å². The number of nitrogens with zero attached hydrogens (tertiary/aromatic N) is 3. The van der Waals surface area contributed by atoms with Crippen LogP contribution in [0.1, 0.15) is 29.2 Å². The molecule has 1 aliphatic heterocycles. The largest absolute Gasteiger partial charge is 0.356 e. The molecule has 23 heavy (non-hydrogen) atoms. The van der Waals surface area contributed by atoms with Gasteiger partial charge in [0, 0.05) is 24.8 Å². The Morgan fingerprint density at radius 2 is 2.00 bits per heavy atom. The van der Waals surface area contributed by atoms with Gasteiger partial charge in [-0.3, -0.25) is 4.79 Å². The molecule has 2 heterocycles. The van der Waals surface area contributed by atoms with Crippen molar-refractivity contribution < 1.29 is 9.18 Å². The first-order valence-corrected chi connectivity index (χ1v) is 7.78. The van der Waals surface area contributed by atoms with E-state index in [1.54, 1.807) is 13.0 Å². The van der Waals surface area contributed by atoms with Crippen molar-refractivity contribution in [2.45, 2.75) is 19.8 Å². The van der Waals surface area contributed by atoms with Crippen LogP contribution in [0.25, 0.3) is 0 Å². The number of carbonyl (C=O) groups is 1. The third-order valence-electron chi connectivity index (χ3n) is 3.66. The van der Waals surface area contributed by atoms with Gasteiger partial charge in [0.2, 0.25) is 0 Å². The summed E-state index contributed by atoms with van der Waals surface area (Å²) in [5.74, 6) is 0.395. The smallest absolute Gasteiger partial charge is 0.274 e. The minimum atomic E-state index is -0.529. The van der Waals surface area contributed by atoms with Gasteiger partial charge in [0.05, 0.1) is 5.02 Å². The van der Waals surface area contributed by atoms with Crippen LogP contribution in [-0.2, 0) is 0 Å². The molecule has 0 spiro atoms. The van der Waals surface area contributed by atoms with E-state index in [2.05, 4.69) is 20.2 Å². The quantitative estimate of drug-likeness (QED) is 0.934. The summed E-state index contributed by atoms with van der Waals surface area (Å²) < 4.78 is 13.2. The van der Waals surface area contributed by atoms with E-state index in [0.717, 1.165) is 31.7 Å². The molecule has 7 heteroatoms. The van der Waals surface area contributed by atoms with E-state index in [-0.39, 0.29) is 16.6 Å². The van der Waals surface area contributed by atoms with E-state index in [4.69, 9.17) is 11.6 Å². The number of nitrogens with one attached hydrogen (secondary N) is 1. The summed E-state index contributed by atoms with van der Waals surface area (Å²) in [5, 5.41) is 2.63. The van der Waals surface area contributed by atoms with Crippen LogP contribution in [0.3, 0.4) is 0 Å². The minimum absolute atomic E-state index is 0.0422. The third-order valence-corrected chi connectivity index (χ3v) is 3.95. The van der Waals surface area contributed by atoms with E-state index < -0.39 is 5.82 Å². The lowest BCUT2D eigenvalue weighted by atomic mass is 10.3. The molecule has 0 unspecified atom stereocenters. The minimum Gasteiger partial charge on any atom is -0.356 e. The first-order chi connectivity index (χ1) is 11.0. The van der Waals surface area contributed by atoms with Gasteiger partial charge in [-0.1, -0.05) is 11.6 Å². The van der Waals surface area contributed by atoms with E-state index in [1.807, 2.05) is 0 Å². The van der Waals surface area contributed by atoms with E-state index in [0.29, 0.717) is 11.5 Å². The summed E-state index contributed by atoms with van der Waals surface area (Å²) in [4.78, 5) is 23.1. The Labute approximate surface area is 138 Å². The monoisotopic (exact) mass is 334 g/mol. The summed E-state index contributed by atoms with van der Waals surface area (Å²) in [7, 11) is 0. The summed E-state index contributed by atoms with van der Waals surface area (Å²) in [6.07, 6.45) is 2.25. The van der Waals surface area contributed by atoms with Gasteiger partial charge in [-0.05, 0) is 38.0 Å². The molecule has 0 saturated carbocycles. The Morgan fingerprint density at radius 3 is 2.70 bits per heavy atom. The highest BCUT2D eigenvalue weighted by molar-refractivity contribution is 6.31. The third kappa shape index (κ3) is 3.59. The second kappa shape index (κ2) is 6.50. The zero-order chi connectivity index (χ0) is 16.4. The number of hydrogen-bond acceptors (Lipinski definition) is 4. The van der Waals surface area contributed by atoms with Gasteiger partial charge < -0.3 is 10.2 Å². The van der Waals surface area contributed by atoms with Crippen molar-refractivity contribution in [3.05, 3.63) is 46.6 Å². The van der Waals surface area contributed by atoms with Gasteiger partial charge >= 0.3 is 0 Å². The molecular weight excluding hydrogens is 319 g/mol. The molecule has 0 radical (unpaired) electrons. The Kier molecular flexibility index (Phi) is 4.43. The molecule has 1 aliphatic rings. The molecule has 120 valence electrons. The molecule has 1 aromatic carbocycles. The second-order valence-electron chi connectivity index (χ2n) is 5.44. The number of carbonyl (C=O) groups excluding carboxylic acids is 1. The molecule has 0 aliphatic carbocycles. The zero-order valence-electron chi connectivity index (χ0n) is 12.6. The fourth-order valence-corrected chi connectivity index (χ4v) is 2.73. The molecule has 1 saturated heterocycles. The number of benzene rings is 1. The molecule has 5 nitrogen and oxygen atoms in total. The molecule has 0 bridgehead atoms. The lowest BCUT2D eigenvalue weighted by Crippen LogP contribution is -2.22. The average molecular weight is 335 g/mol. The number of aryl methyl sites for hydroxylation is 1. The standard InChI is InChI=1S/C16H16ClFN4O/c1-10-19-14(9-15(20-10)22-6-2-3-7-22)16(23)21-11-4-5-13(18)12(17)8-11/h4-5,8-9H,2-3,6-7H2,1H3,(H,21,23). The molecule has 1 amide bonds. The van der Waals surface area contributed by atoms with E-state index in [1.165, 1.54) is 18.2 Å². The Morgan fingerprint density at radius 1 is 1.26 bits per heavy atom. The molecule has 1 aromatic heterocycles. The fraction of sp³-hybridized carbons (Fsp3) is 0.312. The maximum Gasteiger partial charge on any atom is 0.274 e. The Bertz CT molecular complexity index is 747. The average Bonchev–Trinajstić information content (AvgIpc) is 3.05. The fourth-order valence-electron chi connectivity index (χ4n) is 2.55. The maximum absolute atomic E-state index is 13.2. The number of halogens is 2. The lowest BCUT2D eigenvalue weighted by Gasteiger charge is -2.17. The zero-order valence-corrected chi connectivity index (χ0v) is 13.4. The van der Waals surface area contributed by atoms with Crippen LogP contribution in [0, 0.1) is 12.7 Å². The van der Waals surface area contributed by atoms with Crippen molar-refractivity contribution in [1.29, 1.82) is 0 Å². The van der Waals surface area contributed by atoms with Gasteiger partial charge in [-0.2, -0.15) is 0 Å². The van der Waals surface area contributed by atoms with Crippen molar-refractivity contribution in [2.24, 2.45) is 0 Å². The van der Waals surface area contributed by atoms with Crippen LogP contribution < -0.4 is 10.2 Å². The Hall–Kier alpha value is -2.21. The van der Waals surface area contributed by atoms with Crippen LogP contribution in [0.5, 0.6) is 0 Å². The second-order valence-corrected chi connectivity index (χ2v) is 5.84. The summed E-state index contributed by atoms with van der Waals surface area (Å²) in [6, 6.07) is 5.70. The molecule has 3 rings (SSSR count). The van der Waals surface area contributed by atoms with Crippen molar-refractivity contribution in [1.82, 2.24) is 9.97 Å². The van der Waals surface area contributed by atoms with Crippen molar-refractivity contribution in [3.63, 3.8) is 0 Å². The first kappa shape index (κ1) is 15.7. The van der Waals surface area contributed by atoms with E-state index >= 15 is 0 Å². The van der Waals surface area contributed by atoms with Crippen molar-refractivity contribution >= 4 is 29.0 Å². The number of rotatable bonds is 3. The van der Waals surface area contributed by atoms with Crippen molar-refractivity contribution in [3.8, 4) is 0 Å². The van der Waals surface area contributed by atoms with Gasteiger partial charge in [0.25, 0.3) is 5.91 Å². The predicted octanol–water partition coefficient (Wildman–Crippen LogP) is 3.43. The highest BCUT2D eigenvalue weighted by Gasteiger charge is 2.17. The predicted molar refractivity (Wildman–Crippen MR) is 87.6 cm³/mol. The lowest BCUT2D eigenvalue weighted by molar-refractivity contribution is 0.102. The number of aromatic nitrogens is 2. The van der Waals surface area contributed by atoms with Crippen LogP contribution in [0.2, 0.25) is 5.02 Å². The molecule has 1 N–H and O–H groups in total. The highest BCUT2D eigenvalue weighted by atomic mass is 35.5. The highest BCUT2D eigenvalue weighted by Crippen LogP contribution is 2.21. The van der Waals surface area contributed by atoms with Crippen molar-refractivity contribution in [2.75, 3.05) is 23.3 Å². The first-order valence-electron chi connectivity index (χ1n) is 7.40. The maximum atomic E-state index is 13.2. The molecule has 0 atom stereocenters. The summed E-state index contributed by atoms with van der Waals surface area (Å²) in [6.45, 7) is 3.63. The number of hydrogen-bond donors (Lipinski definition) is 1. The molecule has 1 fully saturated rings. The Balaban J connectivity index is 1.82. The van der Waals surface area contributed by atoms with Crippen LogP contribution >= 0.6 is 11.6 Å². The SMILES string of the molecule is Cc1nc(C(=O)Nc2ccc(F)c(Cl)c2)cc(N2CCCC2)n1. The van der Waals surface area contributed by atoms with Gasteiger partial charge in [0.1, 0.15) is 23.2 Å². The van der Waals surface area contributed by atoms with Crippen LogP contribution in [0.4, 0.5) is 15.9 Å². The topological polar surface area (TPSA) is 58.1 Å². The van der Waals surface area contributed by atoms with E-state index in [9.17, 15) is 9.18 Å². The van der Waals surface area contributed by atoms with Crippen LogP contribution in [-0.4, -0.2) is 29.0 Å². The summed E-state index contributed by atoms with van der Waals surface area (Å²) in [5.41, 5.74) is 0.695. The molecule has 2 aromatic rings. The number of anilines is 2. The van der Waals surface area contributed by atoms with Gasteiger partial charge in [-0.25, -0.2) is 14.4 Å². The normalized spacial score (nSPS) is 14.1. The van der Waals surface area contributed by atoms with Crippen LogP contribution in [0.15, 0.2) is 24.3 Å². The number of amides is 1. The van der Waals surface area contributed by atoms with Gasteiger partial charge in [-0.15, -0.1) is 0 Å².